The normalized spacial score (nSPS) is 30.0. The summed E-state index contributed by atoms with van der Waals surface area (Å²) in [6.07, 6.45) is 1.47. The Kier molecular flexibility index (Phi) is 4.14. The molecule has 3 saturated heterocycles. The number of benzene rings is 2. The molecule has 4 heterocycles. The summed E-state index contributed by atoms with van der Waals surface area (Å²) >= 11 is 0. The summed E-state index contributed by atoms with van der Waals surface area (Å²) in [7, 11) is 2.95. The highest BCUT2D eigenvalue weighted by Gasteiger charge is 2.74. The van der Waals surface area contributed by atoms with E-state index in [0.717, 1.165) is 11.3 Å². The van der Waals surface area contributed by atoms with E-state index in [-0.39, 0.29) is 23.5 Å². The Bertz CT molecular complexity index is 1230. The van der Waals surface area contributed by atoms with Crippen LogP contribution in [0.1, 0.15) is 18.4 Å². The van der Waals surface area contributed by atoms with Gasteiger partial charge in [-0.25, -0.2) is 9.29 Å². The standard InChI is InChI=1S/C24H22FN3O5/c1-32-13-6-8-18(33-2)17(11-13)28-21(29)19-16-4-3-9-27(16)24(20(19)22(28)30)14-10-12(25)5-7-15(14)26-23(24)31/h5-8,10-11,16,19-20H,3-4,9H2,1-2H3,(H,26,31)/t16-,19+,20+,24-/m1/s1. The average molecular weight is 451 g/mol. The molecule has 4 aliphatic heterocycles. The molecule has 0 saturated carbocycles. The fraction of sp³-hybridized carbons (Fsp3) is 0.375. The van der Waals surface area contributed by atoms with Crippen molar-refractivity contribution >= 4 is 29.1 Å². The third kappa shape index (κ3) is 2.35. The van der Waals surface area contributed by atoms with Crippen molar-refractivity contribution in [2.24, 2.45) is 11.8 Å². The number of carbonyl (C=O) groups excluding carboxylic acids is 3. The molecule has 0 aliphatic carbocycles. The van der Waals surface area contributed by atoms with E-state index in [0.29, 0.717) is 35.7 Å². The second-order valence-corrected chi connectivity index (χ2v) is 8.87. The number of halogens is 1. The molecule has 6 rings (SSSR count). The van der Waals surface area contributed by atoms with Crippen LogP contribution in [0.2, 0.25) is 0 Å². The van der Waals surface area contributed by atoms with E-state index in [2.05, 4.69) is 5.32 Å². The molecule has 8 nitrogen and oxygen atoms in total. The minimum absolute atomic E-state index is 0.277. The van der Waals surface area contributed by atoms with Crippen molar-refractivity contribution in [2.45, 2.75) is 24.4 Å². The summed E-state index contributed by atoms with van der Waals surface area (Å²) in [5.41, 5.74) is -0.242. The number of hydrogen-bond acceptors (Lipinski definition) is 6. The van der Waals surface area contributed by atoms with Gasteiger partial charge in [-0.3, -0.25) is 19.3 Å². The summed E-state index contributed by atoms with van der Waals surface area (Å²) in [5, 5.41) is 2.84. The van der Waals surface area contributed by atoms with Crippen LogP contribution in [0.4, 0.5) is 15.8 Å². The lowest BCUT2D eigenvalue weighted by atomic mass is 9.75. The third-order valence-corrected chi connectivity index (χ3v) is 7.58. The molecule has 2 aromatic carbocycles. The number of anilines is 2. The van der Waals surface area contributed by atoms with Crippen molar-refractivity contribution in [1.82, 2.24) is 4.90 Å². The van der Waals surface area contributed by atoms with Gasteiger partial charge in [0, 0.05) is 23.4 Å². The quantitative estimate of drug-likeness (QED) is 0.721. The zero-order valence-corrected chi connectivity index (χ0v) is 18.1. The molecule has 9 heteroatoms. The van der Waals surface area contributed by atoms with Crippen molar-refractivity contribution < 1.29 is 28.2 Å². The first-order valence-electron chi connectivity index (χ1n) is 10.9. The number of rotatable bonds is 3. The molecule has 0 bridgehead atoms. The van der Waals surface area contributed by atoms with Gasteiger partial charge >= 0.3 is 0 Å². The summed E-state index contributed by atoms with van der Waals surface area (Å²) in [6.45, 7) is 0.560. The van der Waals surface area contributed by atoms with Gasteiger partial charge in [-0.15, -0.1) is 0 Å². The van der Waals surface area contributed by atoms with E-state index in [4.69, 9.17) is 9.47 Å². The van der Waals surface area contributed by atoms with Crippen molar-refractivity contribution in [1.29, 1.82) is 0 Å². The zero-order chi connectivity index (χ0) is 23.1. The number of nitrogens with zero attached hydrogens (tertiary/aromatic N) is 2. The van der Waals surface area contributed by atoms with Crippen LogP contribution in [-0.4, -0.2) is 49.4 Å². The molecule has 2 aromatic rings. The summed E-state index contributed by atoms with van der Waals surface area (Å²) in [5.74, 6) is -2.61. The van der Waals surface area contributed by atoms with Crippen molar-refractivity contribution in [2.75, 3.05) is 31.0 Å². The Labute approximate surface area is 189 Å². The van der Waals surface area contributed by atoms with Crippen LogP contribution in [0.15, 0.2) is 36.4 Å². The highest BCUT2D eigenvalue weighted by atomic mass is 19.1. The van der Waals surface area contributed by atoms with Crippen LogP contribution in [0.25, 0.3) is 0 Å². The molecule has 0 radical (unpaired) electrons. The van der Waals surface area contributed by atoms with Gasteiger partial charge in [-0.2, -0.15) is 0 Å². The number of ether oxygens (including phenoxy) is 2. The van der Waals surface area contributed by atoms with Crippen LogP contribution in [0, 0.1) is 17.7 Å². The van der Waals surface area contributed by atoms with Crippen LogP contribution in [0.5, 0.6) is 11.5 Å². The summed E-state index contributed by atoms with van der Waals surface area (Å²) < 4.78 is 25.1. The smallest absolute Gasteiger partial charge is 0.250 e. The molecular weight excluding hydrogens is 429 g/mol. The lowest BCUT2D eigenvalue weighted by molar-refractivity contribution is -0.135. The van der Waals surface area contributed by atoms with Gasteiger partial charge in [0.1, 0.15) is 22.9 Å². The number of imide groups is 1. The molecule has 33 heavy (non-hydrogen) atoms. The minimum Gasteiger partial charge on any atom is -0.497 e. The van der Waals surface area contributed by atoms with E-state index in [1.807, 2.05) is 4.90 Å². The minimum atomic E-state index is -1.42. The Morgan fingerprint density at radius 3 is 2.64 bits per heavy atom. The van der Waals surface area contributed by atoms with E-state index in [9.17, 15) is 18.8 Å². The van der Waals surface area contributed by atoms with Gasteiger partial charge in [-0.1, -0.05) is 0 Å². The van der Waals surface area contributed by atoms with Gasteiger partial charge in [0.25, 0.3) is 0 Å². The Morgan fingerprint density at radius 1 is 1.06 bits per heavy atom. The summed E-state index contributed by atoms with van der Waals surface area (Å²) in [6, 6.07) is 8.72. The van der Waals surface area contributed by atoms with E-state index in [1.165, 1.54) is 32.4 Å². The van der Waals surface area contributed by atoms with Gasteiger partial charge in [0.2, 0.25) is 17.7 Å². The maximum absolute atomic E-state index is 14.4. The zero-order valence-electron chi connectivity index (χ0n) is 18.1. The first kappa shape index (κ1) is 20.2. The lowest BCUT2D eigenvalue weighted by Gasteiger charge is -2.36. The van der Waals surface area contributed by atoms with E-state index < -0.39 is 29.1 Å². The topological polar surface area (TPSA) is 88.2 Å². The molecule has 170 valence electrons. The first-order chi connectivity index (χ1) is 15.9. The van der Waals surface area contributed by atoms with Gasteiger partial charge in [0.05, 0.1) is 31.7 Å². The monoisotopic (exact) mass is 451 g/mol. The van der Waals surface area contributed by atoms with E-state index in [1.54, 1.807) is 18.2 Å². The number of hydrogen-bond donors (Lipinski definition) is 1. The van der Waals surface area contributed by atoms with Gasteiger partial charge in [0.15, 0.2) is 0 Å². The van der Waals surface area contributed by atoms with Gasteiger partial charge < -0.3 is 14.8 Å². The number of amides is 3. The highest BCUT2D eigenvalue weighted by Crippen LogP contribution is 2.61. The maximum Gasteiger partial charge on any atom is 0.250 e. The predicted molar refractivity (Wildman–Crippen MR) is 115 cm³/mol. The second-order valence-electron chi connectivity index (χ2n) is 8.87. The molecular formula is C24H22FN3O5. The molecule has 1 spiro atoms. The lowest BCUT2D eigenvalue weighted by Crippen LogP contribution is -2.54. The number of fused-ring (bicyclic) bond motifs is 7. The summed E-state index contributed by atoms with van der Waals surface area (Å²) in [4.78, 5) is 44.5. The fourth-order valence-corrected chi connectivity index (χ4v) is 6.38. The molecule has 3 fully saturated rings. The number of nitrogens with one attached hydrogen (secondary N) is 1. The van der Waals surface area contributed by atoms with Crippen LogP contribution >= 0.6 is 0 Å². The number of carbonyl (C=O) groups is 3. The fourth-order valence-electron chi connectivity index (χ4n) is 6.38. The largest absolute Gasteiger partial charge is 0.497 e. The van der Waals surface area contributed by atoms with Crippen LogP contribution in [-0.2, 0) is 19.9 Å². The van der Waals surface area contributed by atoms with E-state index >= 15 is 0 Å². The maximum atomic E-state index is 14.4. The molecule has 4 aliphatic rings. The van der Waals surface area contributed by atoms with Crippen molar-refractivity contribution in [3.63, 3.8) is 0 Å². The first-order valence-corrected chi connectivity index (χ1v) is 10.9. The molecule has 0 aromatic heterocycles. The SMILES string of the molecule is COc1ccc(OC)c(N2C(=O)[C@H]3[C@H]4CCCN4[C@@]4(C(=O)Nc5ccc(F)cc54)[C@@H]3C2=O)c1. The number of methoxy groups -OCH3 is 2. The highest BCUT2D eigenvalue weighted by molar-refractivity contribution is 6.26. The predicted octanol–water partition coefficient (Wildman–Crippen LogP) is 2.27. The Hall–Kier alpha value is -3.46. The van der Waals surface area contributed by atoms with Gasteiger partial charge in [-0.05, 0) is 49.7 Å². The molecule has 3 amide bonds. The molecule has 0 unspecified atom stereocenters. The Morgan fingerprint density at radius 2 is 1.88 bits per heavy atom. The molecule has 4 atom stereocenters. The Balaban J connectivity index is 1.56. The third-order valence-electron chi connectivity index (χ3n) is 7.58. The molecule has 1 N–H and O–H groups in total. The second kappa shape index (κ2) is 6.77. The van der Waals surface area contributed by atoms with Crippen molar-refractivity contribution in [3.05, 3.63) is 47.8 Å². The van der Waals surface area contributed by atoms with Crippen LogP contribution < -0.4 is 19.7 Å². The van der Waals surface area contributed by atoms with Crippen LogP contribution in [0.3, 0.4) is 0 Å². The van der Waals surface area contributed by atoms with Crippen molar-refractivity contribution in [3.8, 4) is 11.5 Å². The average Bonchev–Trinajstić information content (AvgIpc) is 3.52.